The van der Waals surface area contributed by atoms with E-state index in [9.17, 15) is 0 Å². The molecule has 0 heterocycles. The second kappa shape index (κ2) is 4.89. The Hall–Kier alpha value is -0.180. The van der Waals surface area contributed by atoms with Gasteiger partial charge in [-0.25, -0.2) is 0 Å². The van der Waals surface area contributed by atoms with Crippen LogP contribution in [-0.4, -0.2) is 5.25 Å². The van der Waals surface area contributed by atoms with E-state index in [-0.39, 0.29) is 0 Å². The Morgan fingerprint density at radius 1 is 1.46 bits per heavy atom. The van der Waals surface area contributed by atoms with Gasteiger partial charge in [-0.05, 0) is 17.7 Å². The van der Waals surface area contributed by atoms with Gasteiger partial charge in [-0.2, -0.15) is 0 Å². The van der Waals surface area contributed by atoms with Gasteiger partial charge in [0.05, 0.1) is 5.02 Å². The van der Waals surface area contributed by atoms with Crippen LogP contribution in [-0.2, 0) is 6.54 Å². The van der Waals surface area contributed by atoms with Crippen LogP contribution in [0.15, 0.2) is 23.1 Å². The molecule has 0 saturated carbocycles. The molecule has 0 radical (unpaired) electrons. The fraction of sp³-hybridized carbons (Fsp3) is 0.400. The van der Waals surface area contributed by atoms with Gasteiger partial charge in [0, 0.05) is 16.7 Å². The van der Waals surface area contributed by atoms with E-state index in [1.54, 1.807) is 11.8 Å². The van der Waals surface area contributed by atoms with E-state index >= 15 is 0 Å². The summed E-state index contributed by atoms with van der Waals surface area (Å²) >= 11 is 7.85. The standard InChI is InChI=1S/C10H14ClNS/c1-7(2)13-10-4-3-8(6-12)5-9(10)11/h3-5,7H,6,12H2,1-2H3. The zero-order valence-corrected chi connectivity index (χ0v) is 9.45. The van der Waals surface area contributed by atoms with Crippen LogP contribution in [0, 0.1) is 0 Å². The van der Waals surface area contributed by atoms with Crippen LogP contribution in [0.5, 0.6) is 0 Å². The van der Waals surface area contributed by atoms with E-state index < -0.39 is 0 Å². The third kappa shape index (κ3) is 3.22. The van der Waals surface area contributed by atoms with Crippen molar-refractivity contribution in [1.82, 2.24) is 0 Å². The van der Waals surface area contributed by atoms with E-state index in [1.807, 2.05) is 18.2 Å². The van der Waals surface area contributed by atoms with Gasteiger partial charge in [0.25, 0.3) is 0 Å². The van der Waals surface area contributed by atoms with Crippen LogP contribution in [0.4, 0.5) is 0 Å². The zero-order valence-electron chi connectivity index (χ0n) is 7.88. The number of halogens is 1. The molecule has 72 valence electrons. The van der Waals surface area contributed by atoms with Gasteiger partial charge in [0.15, 0.2) is 0 Å². The van der Waals surface area contributed by atoms with Gasteiger partial charge in [-0.3, -0.25) is 0 Å². The van der Waals surface area contributed by atoms with Crippen molar-refractivity contribution in [1.29, 1.82) is 0 Å². The lowest BCUT2D eigenvalue weighted by Gasteiger charge is -2.07. The fourth-order valence-electron chi connectivity index (χ4n) is 1.02. The van der Waals surface area contributed by atoms with Crippen LogP contribution in [0.25, 0.3) is 0 Å². The summed E-state index contributed by atoms with van der Waals surface area (Å²) in [5, 5.41) is 1.36. The van der Waals surface area contributed by atoms with Crippen molar-refractivity contribution in [2.45, 2.75) is 30.5 Å². The highest BCUT2D eigenvalue weighted by molar-refractivity contribution is 8.00. The maximum atomic E-state index is 6.08. The minimum Gasteiger partial charge on any atom is -0.326 e. The zero-order chi connectivity index (χ0) is 9.84. The lowest BCUT2D eigenvalue weighted by atomic mass is 10.2. The summed E-state index contributed by atoms with van der Waals surface area (Å²) < 4.78 is 0. The van der Waals surface area contributed by atoms with E-state index in [1.165, 1.54) is 0 Å². The van der Waals surface area contributed by atoms with Gasteiger partial charge in [-0.1, -0.05) is 31.5 Å². The Kier molecular flexibility index (Phi) is 4.10. The molecule has 0 amide bonds. The molecule has 2 N–H and O–H groups in total. The molecule has 0 spiro atoms. The van der Waals surface area contributed by atoms with Crippen molar-refractivity contribution in [3.05, 3.63) is 28.8 Å². The first-order valence-electron chi connectivity index (χ1n) is 4.28. The van der Waals surface area contributed by atoms with Gasteiger partial charge >= 0.3 is 0 Å². The quantitative estimate of drug-likeness (QED) is 0.784. The number of rotatable bonds is 3. The first-order valence-corrected chi connectivity index (χ1v) is 5.54. The average molecular weight is 216 g/mol. The van der Waals surface area contributed by atoms with Gasteiger partial charge in [-0.15, -0.1) is 11.8 Å². The number of benzene rings is 1. The fourth-order valence-corrected chi connectivity index (χ4v) is 2.18. The molecule has 0 aliphatic rings. The van der Waals surface area contributed by atoms with E-state index in [0.717, 1.165) is 15.5 Å². The molecule has 13 heavy (non-hydrogen) atoms. The average Bonchev–Trinajstić information content (AvgIpc) is 2.08. The predicted octanol–water partition coefficient (Wildman–Crippen LogP) is 3.30. The Morgan fingerprint density at radius 3 is 2.62 bits per heavy atom. The molecule has 1 aromatic carbocycles. The molecule has 0 unspecified atom stereocenters. The summed E-state index contributed by atoms with van der Waals surface area (Å²) in [5.74, 6) is 0. The molecule has 0 saturated heterocycles. The lowest BCUT2D eigenvalue weighted by Crippen LogP contribution is -1.96. The van der Waals surface area contributed by atoms with Crippen molar-refractivity contribution < 1.29 is 0 Å². The van der Waals surface area contributed by atoms with Crippen LogP contribution in [0.1, 0.15) is 19.4 Å². The second-order valence-electron chi connectivity index (χ2n) is 3.14. The Balaban J connectivity index is 2.85. The molecule has 0 bridgehead atoms. The summed E-state index contributed by atoms with van der Waals surface area (Å²) in [5.41, 5.74) is 6.59. The van der Waals surface area contributed by atoms with E-state index in [4.69, 9.17) is 17.3 Å². The monoisotopic (exact) mass is 215 g/mol. The summed E-state index contributed by atoms with van der Waals surface area (Å²) in [6, 6.07) is 6.00. The number of nitrogens with two attached hydrogens (primary N) is 1. The molecule has 0 atom stereocenters. The highest BCUT2D eigenvalue weighted by Gasteiger charge is 2.03. The highest BCUT2D eigenvalue weighted by Crippen LogP contribution is 2.30. The molecule has 3 heteroatoms. The third-order valence-electron chi connectivity index (χ3n) is 1.59. The largest absolute Gasteiger partial charge is 0.326 e. The predicted molar refractivity (Wildman–Crippen MR) is 60.3 cm³/mol. The summed E-state index contributed by atoms with van der Waals surface area (Å²) in [6.45, 7) is 4.85. The Labute approximate surface area is 88.7 Å². The molecule has 1 aromatic rings. The van der Waals surface area contributed by atoms with Crippen LogP contribution < -0.4 is 5.73 Å². The normalized spacial score (nSPS) is 10.8. The second-order valence-corrected chi connectivity index (χ2v) is 5.16. The molecule has 0 aliphatic heterocycles. The molecule has 0 aromatic heterocycles. The molecular weight excluding hydrogens is 202 g/mol. The van der Waals surface area contributed by atoms with Crippen LogP contribution in [0.3, 0.4) is 0 Å². The Bertz CT molecular complexity index is 286. The van der Waals surface area contributed by atoms with Crippen molar-refractivity contribution >= 4 is 23.4 Å². The van der Waals surface area contributed by atoms with Gasteiger partial charge < -0.3 is 5.73 Å². The summed E-state index contributed by atoms with van der Waals surface area (Å²) in [6.07, 6.45) is 0. The SMILES string of the molecule is CC(C)Sc1ccc(CN)cc1Cl. The number of hydrogen-bond acceptors (Lipinski definition) is 2. The number of thioether (sulfide) groups is 1. The van der Waals surface area contributed by atoms with Crippen molar-refractivity contribution in [3.8, 4) is 0 Å². The molecule has 0 fully saturated rings. The highest BCUT2D eigenvalue weighted by atomic mass is 35.5. The van der Waals surface area contributed by atoms with E-state index in [2.05, 4.69) is 13.8 Å². The summed E-state index contributed by atoms with van der Waals surface area (Å²) in [4.78, 5) is 1.13. The van der Waals surface area contributed by atoms with Gasteiger partial charge in [0.1, 0.15) is 0 Å². The first-order chi connectivity index (χ1) is 6.13. The van der Waals surface area contributed by atoms with Crippen molar-refractivity contribution in [3.63, 3.8) is 0 Å². The van der Waals surface area contributed by atoms with Crippen LogP contribution >= 0.6 is 23.4 Å². The Morgan fingerprint density at radius 2 is 2.15 bits per heavy atom. The van der Waals surface area contributed by atoms with Crippen molar-refractivity contribution in [2.24, 2.45) is 5.73 Å². The third-order valence-corrected chi connectivity index (χ3v) is 3.10. The van der Waals surface area contributed by atoms with Crippen LogP contribution in [0.2, 0.25) is 5.02 Å². The first kappa shape index (κ1) is 10.9. The molecular formula is C10H14ClNS. The lowest BCUT2D eigenvalue weighted by molar-refractivity contribution is 1.06. The summed E-state index contributed by atoms with van der Waals surface area (Å²) in [7, 11) is 0. The minimum absolute atomic E-state index is 0.548. The van der Waals surface area contributed by atoms with E-state index in [0.29, 0.717) is 11.8 Å². The molecule has 1 nitrogen and oxygen atoms in total. The maximum absolute atomic E-state index is 6.08. The van der Waals surface area contributed by atoms with Crippen molar-refractivity contribution in [2.75, 3.05) is 0 Å². The molecule has 1 rings (SSSR count). The smallest absolute Gasteiger partial charge is 0.0545 e. The minimum atomic E-state index is 0.548. The van der Waals surface area contributed by atoms with Gasteiger partial charge in [0.2, 0.25) is 0 Å². The molecule has 0 aliphatic carbocycles. The maximum Gasteiger partial charge on any atom is 0.0545 e. The topological polar surface area (TPSA) is 26.0 Å². The number of hydrogen-bond donors (Lipinski definition) is 1.